The van der Waals surface area contributed by atoms with Crippen molar-refractivity contribution >= 4 is 43.9 Å². The van der Waals surface area contributed by atoms with Crippen LogP contribution in [0.5, 0.6) is 0 Å². The van der Waals surface area contributed by atoms with Crippen LogP contribution < -0.4 is 0 Å². The highest BCUT2D eigenvalue weighted by Gasteiger charge is 2.31. The second-order valence-electron chi connectivity index (χ2n) is 8.92. The van der Waals surface area contributed by atoms with Crippen molar-refractivity contribution < 1.29 is 4.42 Å². The van der Waals surface area contributed by atoms with Crippen molar-refractivity contribution in [1.82, 2.24) is 0 Å². The molecule has 1 aromatic heterocycles. The summed E-state index contributed by atoms with van der Waals surface area (Å²) in [6.07, 6.45) is 1.00. The lowest BCUT2D eigenvalue weighted by Crippen LogP contribution is -1.91. The van der Waals surface area contributed by atoms with Crippen LogP contribution in [0.3, 0.4) is 0 Å². The third kappa shape index (κ3) is 2.03. The first-order chi connectivity index (χ1) is 15.8. The van der Waals surface area contributed by atoms with E-state index >= 15 is 0 Å². The molecule has 0 atom stereocenters. The molecule has 1 nitrogen and oxygen atoms in total. The normalized spacial score (nSPS) is 14.0. The van der Waals surface area contributed by atoms with E-state index < -0.39 is 0 Å². The molecule has 148 valence electrons. The van der Waals surface area contributed by atoms with Gasteiger partial charge in [-0.2, -0.15) is 0 Å². The number of hydrogen-bond donors (Lipinski definition) is 0. The summed E-state index contributed by atoms with van der Waals surface area (Å²) >= 11 is 0. The summed E-state index contributed by atoms with van der Waals surface area (Å²) in [4.78, 5) is 0. The Bertz CT molecular complexity index is 1790. The zero-order chi connectivity index (χ0) is 20.8. The number of para-hydroxylation sites is 1. The van der Waals surface area contributed by atoms with Gasteiger partial charge in [-0.15, -0.1) is 0 Å². The number of allylic oxidation sites excluding steroid dienone is 1. The second kappa shape index (κ2) is 5.77. The van der Waals surface area contributed by atoms with Gasteiger partial charge in [-0.1, -0.05) is 78.9 Å². The predicted octanol–water partition coefficient (Wildman–Crippen LogP) is 8.23. The van der Waals surface area contributed by atoms with Gasteiger partial charge in [0.15, 0.2) is 0 Å². The van der Waals surface area contributed by atoms with Gasteiger partial charge in [-0.25, -0.2) is 0 Å². The van der Waals surface area contributed by atoms with Crippen molar-refractivity contribution in [2.45, 2.75) is 6.42 Å². The Labute approximate surface area is 185 Å². The maximum Gasteiger partial charge on any atom is 0.135 e. The molecular formula is C31H18O. The Morgan fingerprint density at radius 1 is 0.562 bits per heavy atom. The zero-order valence-electron chi connectivity index (χ0n) is 17.4. The van der Waals surface area contributed by atoms with E-state index in [4.69, 9.17) is 4.42 Å². The van der Waals surface area contributed by atoms with Gasteiger partial charge in [0.25, 0.3) is 0 Å². The summed E-state index contributed by atoms with van der Waals surface area (Å²) in [5.41, 5.74) is 12.9. The van der Waals surface area contributed by atoms with Crippen molar-refractivity contribution in [3.63, 3.8) is 0 Å². The van der Waals surface area contributed by atoms with Gasteiger partial charge in [0.05, 0.1) is 0 Å². The van der Waals surface area contributed by atoms with E-state index in [1.807, 2.05) is 12.1 Å². The molecule has 1 heteroatoms. The van der Waals surface area contributed by atoms with Crippen molar-refractivity contribution in [3.05, 3.63) is 119 Å². The number of furan rings is 1. The Kier molecular flexibility index (Phi) is 2.99. The molecule has 5 aromatic carbocycles. The first-order valence-corrected chi connectivity index (χ1v) is 11.2. The van der Waals surface area contributed by atoms with Crippen LogP contribution in [0.1, 0.15) is 22.3 Å². The molecule has 6 aromatic rings. The Balaban J connectivity index is 1.28. The maximum atomic E-state index is 6.02. The Morgan fingerprint density at radius 3 is 2.28 bits per heavy atom. The Morgan fingerprint density at radius 2 is 1.34 bits per heavy atom. The van der Waals surface area contributed by atoms with Crippen LogP contribution in [0.4, 0.5) is 0 Å². The minimum absolute atomic E-state index is 0.946. The fourth-order valence-electron chi connectivity index (χ4n) is 5.85. The minimum Gasteiger partial charge on any atom is -0.456 e. The molecule has 1 heterocycles. The molecule has 32 heavy (non-hydrogen) atoms. The molecule has 0 fully saturated rings. The highest BCUT2D eigenvalue weighted by atomic mass is 16.3. The van der Waals surface area contributed by atoms with Gasteiger partial charge in [0, 0.05) is 10.8 Å². The van der Waals surface area contributed by atoms with Crippen LogP contribution in [0.15, 0.2) is 101 Å². The molecule has 0 spiro atoms. The van der Waals surface area contributed by atoms with Gasteiger partial charge in [-0.05, 0) is 79.9 Å². The summed E-state index contributed by atoms with van der Waals surface area (Å²) in [6, 6.07) is 35.2. The number of rotatable bonds is 1. The van der Waals surface area contributed by atoms with Gasteiger partial charge >= 0.3 is 0 Å². The van der Waals surface area contributed by atoms with Gasteiger partial charge in [0.1, 0.15) is 11.2 Å². The molecule has 0 saturated carbocycles. The highest BCUT2D eigenvalue weighted by Crippen LogP contribution is 2.51. The predicted molar refractivity (Wildman–Crippen MR) is 133 cm³/mol. The minimum atomic E-state index is 0.946. The summed E-state index contributed by atoms with van der Waals surface area (Å²) in [5, 5.41) is 5.12. The van der Waals surface area contributed by atoms with E-state index in [2.05, 4.69) is 84.9 Å². The smallest absolute Gasteiger partial charge is 0.135 e. The summed E-state index contributed by atoms with van der Waals surface area (Å²) < 4.78 is 6.02. The zero-order valence-corrected chi connectivity index (χ0v) is 17.4. The van der Waals surface area contributed by atoms with E-state index in [1.165, 1.54) is 66.1 Å². The van der Waals surface area contributed by atoms with E-state index in [1.54, 1.807) is 0 Å². The average Bonchev–Trinajstić information content (AvgIpc) is 3.49. The number of fused-ring (bicyclic) bond motifs is 7. The molecule has 0 amide bonds. The van der Waals surface area contributed by atoms with Gasteiger partial charge in [-0.3, -0.25) is 0 Å². The van der Waals surface area contributed by atoms with E-state index in [-0.39, 0.29) is 0 Å². The second-order valence-corrected chi connectivity index (χ2v) is 8.92. The Hall–Kier alpha value is -4.10. The van der Waals surface area contributed by atoms with Gasteiger partial charge < -0.3 is 4.42 Å². The summed E-state index contributed by atoms with van der Waals surface area (Å²) in [6.45, 7) is 0. The van der Waals surface area contributed by atoms with Crippen LogP contribution in [0.25, 0.3) is 55.0 Å². The molecule has 2 aliphatic carbocycles. The van der Waals surface area contributed by atoms with Crippen LogP contribution in [0.2, 0.25) is 0 Å². The van der Waals surface area contributed by atoms with Crippen molar-refractivity contribution in [2.24, 2.45) is 0 Å². The van der Waals surface area contributed by atoms with Crippen LogP contribution in [0, 0.1) is 0 Å². The monoisotopic (exact) mass is 406 g/mol. The lowest BCUT2D eigenvalue weighted by molar-refractivity contribution is 0.669. The molecule has 2 aliphatic rings. The topological polar surface area (TPSA) is 13.1 Å². The number of benzene rings is 5. The van der Waals surface area contributed by atoms with E-state index in [9.17, 15) is 0 Å². The molecule has 0 radical (unpaired) electrons. The molecule has 0 aliphatic heterocycles. The maximum absolute atomic E-state index is 6.02. The van der Waals surface area contributed by atoms with Crippen molar-refractivity contribution in [2.75, 3.05) is 0 Å². The largest absolute Gasteiger partial charge is 0.456 e. The average molecular weight is 406 g/mol. The third-order valence-corrected chi connectivity index (χ3v) is 7.25. The SMILES string of the molecule is c1cc2c3c(cccc3c1)C1=C2Cc2cc(-c3ccc4oc5ccccc5c4c3)ccc21. The molecule has 0 unspecified atom stereocenters. The quantitative estimate of drug-likeness (QED) is 0.268. The molecule has 0 N–H and O–H groups in total. The molecule has 0 bridgehead atoms. The summed E-state index contributed by atoms with van der Waals surface area (Å²) in [5.74, 6) is 0. The molecule has 8 rings (SSSR count). The van der Waals surface area contributed by atoms with E-state index in [0.717, 1.165) is 17.6 Å². The van der Waals surface area contributed by atoms with Crippen LogP contribution >= 0.6 is 0 Å². The fourth-order valence-corrected chi connectivity index (χ4v) is 5.85. The first kappa shape index (κ1) is 16.6. The fraction of sp³-hybridized carbons (Fsp3) is 0.0323. The standard InChI is InChI=1S/C31H18O/c1-2-10-28-23(7-1)26-16-20(12-14-29(26)32-28)19-11-13-22-21(15-19)17-27-24-8-3-5-18-6-4-9-25(30(18)24)31(22)27/h1-16H,17H2. The van der Waals surface area contributed by atoms with E-state index in [0.29, 0.717) is 0 Å². The number of hydrogen-bond acceptors (Lipinski definition) is 1. The van der Waals surface area contributed by atoms with Gasteiger partial charge in [0.2, 0.25) is 0 Å². The van der Waals surface area contributed by atoms with Crippen molar-refractivity contribution in [1.29, 1.82) is 0 Å². The lowest BCUT2D eigenvalue weighted by atomic mass is 9.93. The third-order valence-electron chi connectivity index (χ3n) is 7.25. The summed E-state index contributed by atoms with van der Waals surface area (Å²) in [7, 11) is 0. The van der Waals surface area contributed by atoms with Crippen LogP contribution in [-0.4, -0.2) is 0 Å². The lowest BCUT2D eigenvalue weighted by Gasteiger charge is -2.11. The molecular weight excluding hydrogens is 388 g/mol. The van der Waals surface area contributed by atoms with Crippen molar-refractivity contribution in [3.8, 4) is 11.1 Å². The highest BCUT2D eigenvalue weighted by molar-refractivity contribution is 6.20. The molecule has 0 saturated heterocycles. The van der Waals surface area contributed by atoms with Crippen LogP contribution in [-0.2, 0) is 6.42 Å². The first-order valence-electron chi connectivity index (χ1n) is 11.2.